The van der Waals surface area contributed by atoms with Crippen molar-refractivity contribution in [2.75, 3.05) is 0 Å². The van der Waals surface area contributed by atoms with Crippen LogP contribution >= 0.6 is 0 Å². The van der Waals surface area contributed by atoms with E-state index in [9.17, 15) is 4.79 Å². The first-order valence-electron chi connectivity index (χ1n) is 14.2. The third kappa shape index (κ3) is 9.56. The molecule has 3 heteroatoms. The number of carbonyl (C=O) groups is 1. The van der Waals surface area contributed by atoms with Crippen LogP contribution in [0.4, 0.5) is 0 Å². The molecule has 0 N–H and O–H groups in total. The maximum atomic E-state index is 12.7. The number of carbonyl (C=O) groups excluding carboxylic acids is 1. The lowest BCUT2D eigenvalue weighted by Gasteiger charge is -2.26. The standard InChI is InChI=1S/C32H54O3/c1-11-22(3)27(8)31-28(34-31)20-32(9,10)18-12-13-25(6)30-26(7)17-16-24(5)23(4)15-14-21(2)19-29(33)35-30/h12-13,16-18,21-24,26-28,30-31H,11,14-15,19-20H2,1-10H3/b17-16+,18-12+,25-13+. The molecule has 0 aromatic rings. The first-order chi connectivity index (χ1) is 16.3. The van der Waals surface area contributed by atoms with Crippen molar-refractivity contribution in [2.45, 2.75) is 120 Å². The summed E-state index contributed by atoms with van der Waals surface area (Å²) >= 11 is 0. The first kappa shape index (κ1) is 29.9. The molecule has 2 rings (SSSR count). The zero-order valence-corrected chi connectivity index (χ0v) is 24.3. The highest BCUT2D eigenvalue weighted by Gasteiger charge is 2.46. The number of esters is 1. The Labute approximate surface area is 216 Å². The molecule has 3 nitrogen and oxygen atoms in total. The molecule has 2 aliphatic rings. The molecule has 0 bridgehead atoms. The number of allylic oxidation sites excluding steroid dienone is 4. The van der Waals surface area contributed by atoms with Crippen molar-refractivity contribution in [2.24, 2.45) is 40.9 Å². The Bertz CT molecular complexity index is 761. The van der Waals surface area contributed by atoms with Crippen molar-refractivity contribution in [3.8, 4) is 0 Å². The predicted octanol–water partition coefficient (Wildman–Crippen LogP) is 8.55. The molecule has 0 radical (unpaired) electrons. The van der Waals surface area contributed by atoms with Crippen molar-refractivity contribution in [1.29, 1.82) is 0 Å². The fourth-order valence-corrected chi connectivity index (χ4v) is 5.26. The highest BCUT2D eigenvalue weighted by molar-refractivity contribution is 5.70. The lowest BCUT2D eigenvalue weighted by Crippen LogP contribution is -2.27. The molecule has 35 heavy (non-hydrogen) atoms. The second kappa shape index (κ2) is 13.3. The van der Waals surface area contributed by atoms with Crippen LogP contribution in [0, 0.1) is 40.9 Å². The van der Waals surface area contributed by atoms with Crippen LogP contribution < -0.4 is 0 Å². The highest BCUT2D eigenvalue weighted by atomic mass is 16.6. The minimum Gasteiger partial charge on any atom is -0.457 e. The summed E-state index contributed by atoms with van der Waals surface area (Å²) in [7, 11) is 0. The van der Waals surface area contributed by atoms with Crippen LogP contribution in [0.25, 0.3) is 0 Å². The largest absolute Gasteiger partial charge is 0.457 e. The second-order valence-electron chi connectivity index (χ2n) is 12.7. The van der Waals surface area contributed by atoms with Crippen molar-refractivity contribution in [1.82, 2.24) is 0 Å². The van der Waals surface area contributed by atoms with Gasteiger partial charge in [0.25, 0.3) is 0 Å². The molecule has 1 fully saturated rings. The number of hydrogen-bond acceptors (Lipinski definition) is 3. The van der Waals surface area contributed by atoms with Crippen LogP contribution in [0.5, 0.6) is 0 Å². The molecule has 0 amide bonds. The van der Waals surface area contributed by atoms with Gasteiger partial charge in [0, 0.05) is 12.3 Å². The number of epoxide rings is 1. The number of rotatable bonds is 8. The summed E-state index contributed by atoms with van der Waals surface area (Å²) in [5.74, 6) is 2.90. The summed E-state index contributed by atoms with van der Waals surface area (Å²) in [4.78, 5) is 12.7. The number of cyclic esters (lactones) is 1. The maximum absolute atomic E-state index is 12.7. The van der Waals surface area contributed by atoms with E-state index in [0.29, 0.717) is 48.2 Å². The molecular weight excluding hydrogens is 432 g/mol. The third-order valence-corrected chi connectivity index (χ3v) is 8.75. The molecule has 0 aliphatic carbocycles. The number of hydrogen-bond donors (Lipinski definition) is 0. The van der Waals surface area contributed by atoms with Crippen LogP contribution in [0.2, 0.25) is 0 Å². The van der Waals surface area contributed by atoms with Gasteiger partial charge in [-0.15, -0.1) is 0 Å². The zero-order chi connectivity index (χ0) is 26.3. The van der Waals surface area contributed by atoms with Gasteiger partial charge >= 0.3 is 5.97 Å². The Kier molecular flexibility index (Phi) is 11.3. The van der Waals surface area contributed by atoms with Crippen LogP contribution in [0.15, 0.2) is 36.0 Å². The van der Waals surface area contributed by atoms with Gasteiger partial charge in [0.05, 0.1) is 12.2 Å². The molecule has 0 aromatic heterocycles. The van der Waals surface area contributed by atoms with Gasteiger partial charge in [0.1, 0.15) is 6.10 Å². The summed E-state index contributed by atoms with van der Waals surface area (Å²) < 4.78 is 12.1. The SMILES string of the molecule is CCC(C)C(C)C1OC1CC(C)(C)/C=C/C=C(\C)C1OC(=O)CC(C)CCC(C)C(C)/C=C/C1C. The van der Waals surface area contributed by atoms with Crippen molar-refractivity contribution < 1.29 is 14.3 Å². The Hall–Kier alpha value is -1.35. The quantitative estimate of drug-likeness (QED) is 0.149. The summed E-state index contributed by atoms with van der Waals surface area (Å²) in [5, 5.41) is 0. The van der Waals surface area contributed by atoms with E-state index in [1.807, 2.05) is 0 Å². The summed E-state index contributed by atoms with van der Waals surface area (Å²) in [6, 6.07) is 0. The minimum absolute atomic E-state index is 0.0566. The van der Waals surface area contributed by atoms with Crippen LogP contribution in [0.3, 0.4) is 0 Å². The van der Waals surface area contributed by atoms with E-state index in [4.69, 9.17) is 9.47 Å². The van der Waals surface area contributed by atoms with Gasteiger partial charge < -0.3 is 9.47 Å². The Morgan fingerprint density at radius 3 is 2.43 bits per heavy atom. The van der Waals surface area contributed by atoms with Gasteiger partial charge in [0.2, 0.25) is 0 Å². The Morgan fingerprint density at radius 2 is 1.77 bits per heavy atom. The molecule has 9 atom stereocenters. The summed E-state index contributed by atoms with van der Waals surface area (Å²) in [6.07, 6.45) is 16.7. The van der Waals surface area contributed by atoms with Crippen LogP contribution in [0.1, 0.15) is 101 Å². The first-order valence-corrected chi connectivity index (χ1v) is 14.2. The van der Waals surface area contributed by atoms with Gasteiger partial charge in [-0.3, -0.25) is 4.79 Å². The maximum Gasteiger partial charge on any atom is 0.306 e. The average molecular weight is 487 g/mol. The van der Waals surface area contributed by atoms with E-state index >= 15 is 0 Å². The minimum atomic E-state index is -0.229. The molecule has 9 unspecified atom stereocenters. The molecule has 200 valence electrons. The third-order valence-electron chi connectivity index (χ3n) is 8.75. The van der Waals surface area contributed by atoms with E-state index in [2.05, 4.69) is 99.6 Å². The van der Waals surface area contributed by atoms with Crippen molar-refractivity contribution >= 4 is 5.97 Å². The molecule has 2 aliphatic heterocycles. The fourth-order valence-electron chi connectivity index (χ4n) is 5.26. The molecule has 0 aromatic carbocycles. The zero-order valence-electron chi connectivity index (χ0n) is 24.3. The van der Waals surface area contributed by atoms with Gasteiger partial charge in [-0.05, 0) is 66.8 Å². The fraction of sp³-hybridized carbons (Fsp3) is 0.781. The summed E-state index contributed by atoms with van der Waals surface area (Å²) in [6.45, 7) is 22.5. The lowest BCUT2D eigenvalue weighted by molar-refractivity contribution is -0.149. The Morgan fingerprint density at radius 1 is 1.11 bits per heavy atom. The smallest absolute Gasteiger partial charge is 0.306 e. The number of ether oxygens (including phenoxy) is 2. The van der Waals surface area contributed by atoms with E-state index < -0.39 is 0 Å². The topological polar surface area (TPSA) is 38.8 Å². The van der Waals surface area contributed by atoms with Gasteiger partial charge in [-0.1, -0.05) is 99.1 Å². The molecule has 0 saturated carbocycles. The molecule has 1 saturated heterocycles. The van der Waals surface area contributed by atoms with E-state index in [1.54, 1.807) is 0 Å². The highest BCUT2D eigenvalue weighted by Crippen LogP contribution is 2.41. The average Bonchev–Trinajstić information content (AvgIpc) is 3.55. The van der Waals surface area contributed by atoms with E-state index in [0.717, 1.165) is 24.8 Å². The van der Waals surface area contributed by atoms with Gasteiger partial charge in [0.15, 0.2) is 0 Å². The van der Waals surface area contributed by atoms with Crippen molar-refractivity contribution in [3.63, 3.8) is 0 Å². The van der Waals surface area contributed by atoms with Crippen LogP contribution in [-0.2, 0) is 14.3 Å². The van der Waals surface area contributed by atoms with E-state index in [-0.39, 0.29) is 23.4 Å². The van der Waals surface area contributed by atoms with Crippen LogP contribution in [-0.4, -0.2) is 24.3 Å². The molecule has 0 spiro atoms. The summed E-state index contributed by atoms with van der Waals surface area (Å²) in [5.41, 5.74) is 1.15. The van der Waals surface area contributed by atoms with E-state index in [1.165, 1.54) is 6.42 Å². The Balaban J connectivity index is 2.07. The molecular formula is C32H54O3. The van der Waals surface area contributed by atoms with Gasteiger partial charge in [-0.25, -0.2) is 0 Å². The van der Waals surface area contributed by atoms with Crippen molar-refractivity contribution in [3.05, 3.63) is 36.0 Å². The second-order valence-corrected chi connectivity index (χ2v) is 12.7. The lowest BCUT2D eigenvalue weighted by atomic mass is 9.83. The monoisotopic (exact) mass is 486 g/mol. The predicted molar refractivity (Wildman–Crippen MR) is 148 cm³/mol. The molecule has 2 heterocycles. The van der Waals surface area contributed by atoms with Gasteiger partial charge in [-0.2, -0.15) is 0 Å². The normalized spacial score (nSPS) is 36.1.